The molecule has 26 heavy (non-hydrogen) atoms. The minimum atomic E-state index is 1.28. The third-order valence-corrected chi connectivity index (χ3v) is 6.17. The summed E-state index contributed by atoms with van der Waals surface area (Å²) in [4.78, 5) is 0. The predicted molar refractivity (Wildman–Crippen MR) is 115 cm³/mol. The number of benzene rings is 4. The lowest BCUT2D eigenvalue weighted by Gasteiger charge is -2.03. The molecule has 0 saturated carbocycles. The average molecular weight is 350 g/mol. The molecule has 0 N–H and O–H groups in total. The normalized spacial score (nSPS) is 11.3. The molecule has 0 aliphatic carbocycles. The van der Waals surface area contributed by atoms with Gasteiger partial charge in [-0.3, -0.25) is 0 Å². The van der Waals surface area contributed by atoms with E-state index in [1.807, 2.05) is 11.3 Å². The van der Waals surface area contributed by atoms with Crippen LogP contribution in [0, 0.1) is 6.92 Å². The zero-order chi connectivity index (χ0) is 17.5. The summed E-state index contributed by atoms with van der Waals surface area (Å²) in [6.07, 6.45) is 0. The molecule has 0 spiro atoms. The highest BCUT2D eigenvalue weighted by Gasteiger charge is 2.11. The Morgan fingerprint density at radius 3 is 2.15 bits per heavy atom. The van der Waals surface area contributed by atoms with Gasteiger partial charge in [0.05, 0.1) is 0 Å². The van der Waals surface area contributed by atoms with Gasteiger partial charge in [0, 0.05) is 20.2 Å². The Hall–Kier alpha value is -2.90. The molecule has 0 fully saturated rings. The molecule has 1 heteroatoms. The fraction of sp³-hybridized carbons (Fsp3) is 0.0400. The molecule has 5 rings (SSSR count). The van der Waals surface area contributed by atoms with Gasteiger partial charge in [-0.2, -0.15) is 0 Å². The highest BCUT2D eigenvalue weighted by molar-refractivity contribution is 7.26. The van der Waals surface area contributed by atoms with Crippen molar-refractivity contribution in [3.05, 3.63) is 96.6 Å². The largest absolute Gasteiger partial charge is 0.135 e. The van der Waals surface area contributed by atoms with Gasteiger partial charge < -0.3 is 0 Å². The van der Waals surface area contributed by atoms with E-state index >= 15 is 0 Å². The second-order valence-corrected chi connectivity index (χ2v) is 7.78. The van der Waals surface area contributed by atoms with Crippen LogP contribution in [0.2, 0.25) is 0 Å². The summed E-state index contributed by atoms with van der Waals surface area (Å²) in [6.45, 7) is 2.13. The number of aryl methyl sites for hydroxylation is 1. The van der Waals surface area contributed by atoms with E-state index in [0.29, 0.717) is 0 Å². The summed E-state index contributed by atoms with van der Waals surface area (Å²) >= 11 is 1.90. The zero-order valence-corrected chi connectivity index (χ0v) is 15.4. The van der Waals surface area contributed by atoms with Crippen LogP contribution in [0.3, 0.4) is 0 Å². The highest BCUT2D eigenvalue weighted by Crippen LogP contribution is 2.41. The van der Waals surface area contributed by atoms with Crippen molar-refractivity contribution in [2.45, 2.75) is 6.92 Å². The second kappa shape index (κ2) is 6.12. The zero-order valence-electron chi connectivity index (χ0n) is 14.6. The summed E-state index contributed by atoms with van der Waals surface area (Å²) in [5.41, 5.74) is 6.46. The van der Waals surface area contributed by atoms with Crippen LogP contribution in [0.4, 0.5) is 0 Å². The molecule has 4 aromatic carbocycles. The first-order valence-electron chi connectivity index (χ1n) is 8.87. The van der Waals surface area contributed by atoms with Gasteiger partial charge in [0.1, 0.15) is 0 Å². The first kappa shape index (κ1) is 15.4. The maximum Gasteiger partial charge on any atom is 0.0433 e. The summed E-state index contributed by atoms with van der Waals surface area (Å²) in [5.74, 6) is 0. The van der Waals surface area contributed by atoms with Gasteiger partial charge in [-0.25, -0.2) is 0 Å². The average Bonchev–Trinajstić information content (AvgIpc) is 3.07. The van der Waals surface area contributed by atoms with Crippen LogP contribution < -0.4 is 0 Å². The van der Waals surface area contributed by atoms with Crippen molar-refractivity contribution in [3.63, 3.8) is 0 Å². The van der Waals surface area contributed by atoms with E-state index in [9.17, 15) is 0 Å². The predicted octanol–water partition coefficient (Wildman–Crippen LogP) is 7.70. The minimum absolute atomic E-state index is 1.28. The first-order chi connectivity index (χ1) is 12.8. The summed E-state index contributed by atoms with van der Waals surface area (Å²) < 4.78 is 2.72. The van der Waals surface area contributed by atoms with Gasteiger partial charge in [-0.05, 0) is 35.2 Å². The summed E-state index contributed by atoms with van der Waals surface area (Å²) in [7, 11) is 0. The quantitative estimate of drug-likeness (QED) is 0.306. The number of fused-ring (bicyclic) bond motifs is 3. The van der Waals surface area contributed by atoms with E-state index in [2.05, 4.69) is 97.9 Å². The van der Waals surface area contributed by atoms with Gasteiger partial charge in [0.25, 0.3) is 0 Å². The summed E-state index contributed by atoms with van der Waals surface area (Å²) in [5, 5.41) is 2.69. The topological polar surface area (TPSA) is 0 Å². The lowest BCUT2D eigenvalue weighted by molar-refractivity contribution is 1.47. The van der Waals surface area contributed by atoms with Gasteiger partial charge in [0.15, 0.2) is 0 Å². The Morgan fingerprint density at radius 2 is 1.35 bits per heavy atom. The standard InChI is InChI=1S/C25H18S/c1-17-10-12-18(13-11-17)20-14-15-22-23-9-5-8-21(19-6-3-2-4-7-19)25(23)26-24(22)16-20/h2-16H,1H3. The number of rotatable bonds is 2. The van der Waals surface area contributed by atoms with Crippen molar-refractivity contribution in [2.24, 2.45) is 0 Å². The highest BCUT2D eigenvalue weighted by atomic mass is 32.1. The number of hydrogen-bond acceptors (Lipinski definition) is 1. The monoisotopic (exact) mass is 350 g/mol. The number of thiophene rings is 1. The fourth-order valence-corrected chi connectivity index (χ4v) is 4.85. The molecule has 0 aliphatic heterocycles. The molecule has 1 aromatic heterocycles. The Bertz CT molecular complexity index is 1210. The summed E-state index contributed by atoms with van der Waals surface area (Å²) in [6, 6.07) is 32.9. The second-order valence-electron chi connectivity index (χ2n) is 6.73. The Kier molecular flexibility index (Phi) is 3.62. The van der Waals surface area contributed by atoms with Crippen LogP contribution in [-0.4, -0.2) is 0 Å². The third kappa shape index (κ3) is 2.53. The molecule has 0 amide bonds. The Morgan fingerprint density at radius 1 is 0.577 bits per heavy atom. The van der Waals surface area contributed by atoms with Crippen molar-refractivity contribution >= 4 is 31.5 Å². The molecule has 0 aliphatic rings. The van der Waals surface area contributed by atoms with Crippen LogP contribution in [0.15, 0.2) is 91.0 Å². The Labute approximate surface area is 157 Å². The molecule has 0 atom stereocenters. The van der Waals surface area contributed by atoms with E-state index in [-0.39, 0.29) is 0 Å². The van der Waals surface area contributed by atoms with Gasteiger partial charge in [-0.15, -0.1) is 11.3 Å². The molecular formula is C25H18S. The van der Waals surface area contributed by atoms with E-state index in [4.69, 9.17) is 0 Å². The van der Waals surface area contributed by atoms with Crippen LogP contribution in [0.5, 0.6) is 0 Å². The van der Waals surface area contributed by atoms with Gasteiger partial charge in [-0.1, -0.05) is 90.5 Å². The van der Waals surface area contributed by atoms with Gasteiger partial charge >= 0.3 is 0 Å². The molecule has 0 unspecified atom stereocenters. The molecule has 0 radical (unpaired) electrons. The van der Waals surface area contributed by atoms with Crippen molar-refractivity contribution in [2.75, 3.05) is 0 Å². The van der Waals surface area contributed by atoms with E-state index in [0.717, 1.165) is 0 Å². The van der Waals surface area contributed by atoms with E-state index in [1.54, 1.807) is 0 Å². The van der Waals surface area contributed by atoms with E-state index < -0.39 is 0 Å². The maximum atomic E-state index is 2.33. The number of hydrogen-bond donors (Lipinski definition) is 0. The van der Waals surface area contributed by atoms with Crippen molar-refractivity contribution in [1.82, 2.24) is 0 Å². The lowest BCUT2D eigenvalue weighted by atomic mass is 10.0. The smallest absolute Gasteiger partial charge is 0.0433 e. The lowest BCUT2D eigenvalue weighted by Crippen LogP contribution is -1.78. The molecule has 1 heterocycles. The maximum absolute atomic E-state index is 2.33. The van der Waals surface area contributed by atoms with Crippen LogP contribution in [0.1, 0.15) is 5.56 Å². The van der Waals surface area contributed by atoms with Crippen LogP contribution in [-0.2, 0) is 0 Å². The van der Waals surface area contributed by atoms with Crippen LogP contribution >= 0.6 is 11.3 Å². The molecule has 0 saturated heterocycles. The fourth-order valence-electron chi connectivity index (χ4n) is 3.57. The molecule has 124 valence electrons. The van der Waals surface area contributed by atoms with Gasteiger partial charge in [0.2, 0.25) is 0 Å². The minimum Gasteiger partial charge on any atom is -0.135 e. The van der Waals surface area contributed by atoms with E-state index in [1.165, 1.54) is 48.0 Å². The molecule has 0 nitrogen and oxygen atoms in total. The van der Waals surface area contributed by atoms with Crippen molar-refractivity contribution < 1.29 is 0 Å². The SMILES string of the molecule is Cc1ccc(-c2ccc3c(c2)sc2c(-c4ccccc4)cccc23)cc1. The van der Waals surface area contributed by atoms with Crippen LogP contribution in [0.25, 0.3) is 42.4 Å². The first-order valence-corrected chi connectivity index (χ1v) is 9.69. The third-order valence-electron chi connectivity index (χ3n) is 4.97. The Balaban J connectivity index is 1.73. The van der Waals surface area contributed by atoms with Crippen molar-refractivity contribution in [1.29, 1.82) is 0 Å². The van der Waals surface area contributed by atoms with Crippen molar-refractivity contribution in [3.8, 4) is 22.3 Å². The molecular weight excluding hydrogens is 332 g/mol. The molecule has 0 bridgehead atoms. The molecule has 5 aromatic rings.